The molecule has 5 nitrogen and oxygen atoms in total. The fourth-order valence-electron chi connectivity index (χ4n) is 2.31. The Morgan fingerprint density at radius 1 is 1.12 bits per heavy atom. The van der Waals surface area contributed by atoms with E-state index in [0.717, 1.165) is 0 Å². The van der Waals surface area contributed by atoms with E-state index in [2.05, 4.69) is 14.8 Å². The summed E-state index contributed by atoms with van der Waals surface area (Å²) >= 11 is 11.8. The molecule has 0 unspecified atom stereocenters. The number of halogens is 5. The lowest BCUT2D eigenvalue weighted by molar-refractivity contribution is -0.274. The van der Waals surface area contributed by atoms with Gasteiger partial charge >= 0.3 is 6.36 Å². The van der Waals surface area contributed by atoms with E-state index in [-0.39, 0.29) is 28.1 Å². The number of aromatic nitrogens is 3. The monoisotopic (exact) mass is 403 g/mol. The van der Waals surface area contributed by atoms with Crippen molar-refractivity contribution in [2.75, 3.05) is 0 Å². The minimum Gasteiger partial charge on any atom is -0.505 e. The van der Waals surface area contributed by atoms with Crippen molar-refractivity contribution in [1.82, 2.24) is 14.8 Å². The molecule has 0 saturated carbocycles. The number of ether oxygens (including phenoxy) is 1. The number of rotatable bonds is 4. The predicted molar refractivity (Wildman–Crippen MR) is 89.4 cm³/mol. The van der Waals surface area contributed by atoms with Gasteiger partial charge in [-0.15, -0.1) is 13.2 Å². The van der Waals surface area contributed by atoms with E-state index in [4.69, 9.17) is 23.2 Å². The zero-order valence-electron chi connectivity index (χ0n) is 12.8. The maximum atomic E-state index is 12.3. The molecule has 0 aliphatic heterocycles. The van der Waals surface area contributed by atoms with Crippen molar-refractivity contribution in [2.45, 2.75) is 12.9 Å². The minimum absolute atomic E-state index is 0.0441. The van der Waals surface area contributed by atoms with E-state index in [0.29, 0.717) is 17.0 Å². The van der Waals surface area contributed by atoms with Crippen LogP contribution in [0.4, 0.5) is 13.2 Å². The van der Waals surface area contributed by atoms with E-state index < -0.39 is 6.36 Å². The Morgan fingerprint density at radius 3 is 2.46 bits per heavy atom. The third-order valence-electron chi connectivity index (χ3n) is 3.35. The van der Waals surface area contributed by atoms with Gasteiger partial charge in [0.1, 0.15) is 12.1 Å². The van der Waals surface area contributed by atoms with E-state index in [9.17, 15) is 18.3 Å². The third kappa shape index (κ3) is 4.20. The van der Waals surface area contributed by atoms with Gasteiger partial charge < -0.3 is 9.84 Å². The molecule has 0 fully saturated rings. The number of phenolic OH excluding ortho intramolecular Hbond substituents is 1. The first-order valence-corrected chi connectivity index (χ1v) is 7.89. The SMILES string of the molecule is Oc1c(Cl)cc(-c2ncnn2Cc2cccc(OC(F)(F)F)c2)cc1Cl. The molecule has 26 heavy (non-hydrogen) atoms. The molecular formula is C16H10Cl2F3N3O2. The van der Waals surface area contributed by atoms with Gasteiger partial charge in [0.25, 0.3) is 0 Å². The second kappa shape index (κ2) is 7.05. The van der Waals surface area contributed by atoms with Gasteiger partial charge in [-0.05, 0) is 29.8 Å². The summed E-state index contributed by atoms with van der Waals surface area (Å²) in [6.45, 7) is 0.139. The Balaban J connectivity index is 1.90. The van der Waals surface area contributed by atoms with E-state index in [1.807, 2.05) is 0 Å². The van der Waals surface area contributed by atoms with Gasteiger partial charge in [0.2, 0.25) is 0 Å². The Kier molecular flexibility index (Phi) is 4.97. The van der Waals surface area contributed by atoms with Crippen LogP contribution in [0, 0.1) is 0 Å². The lowest BCUT2D eigenvalue weighted by atomic mass is 10.2. The van der Waals surface area contributed by atoms with Crippen LogP contribution in [0.2, 0.25) is 10.0 Å². The zero-order chi connectivity index (χ0) is 18.9. The second-order valence-corrected chi connectivity index (χ2v) is 6.04. The molecule has 0 saturated heterocycles. The van der Waals surface area contributed by atoms with Gasteiger partial charge in [-0.1, -0.05) is 35.3 Å². The summed E-state index contributed by atoms with van der Waals surface area (Å²) in [7, 11) is 0. The maximum absolute atomic E-state index is 12.3. The summed E-state index contributed by atoms with van der Waals surface area (Å²) in [5, 5.41) is 13.8. The fourth-order valence-corrected chi connectivity index (χ4v) is 2.80. The number of phenols is 1. The van der Waals surface area contributed by atoms with Crippen molar-refractivity contribution >= 4 is 23.2 Å². The van der Waals surface area contributed by atoms with E-state index in [1.54, 1.807) is 6.07 Å². The molecule has 0 aliphatic carbocycles. The van der Waals surface area contributed by atoms with Crippen molar-refractivity contribution in [1.29, 1.82) is 0 Å². The van der Waals surface area contributed by atoms with Crippen LogP contribution in [0.25, 0.3) is 11.4 Å². The first-order chi connectivity index (χ1) is 12.2. The number of hydrogen-bond acceptors (Lipinski definition) is 4. The number of hydrogen-bond donors (Lipinski definition) is 1. The molecule has 0 bridgehead atoms. The molecule has 0 aliphatic rings. The van der Waals surface area contributed by atoms with Crippen molar-refractivity contribution in [3.05, 3.63) is 58.3 Å². The summed E-state index contributed by atoms with van der Waals surface area (Å²) in [6, 6.07) is 8.47. The highest BCUT2D eigenvalue weighted by Crippen LogP contribution is 2.36. The normalized spacial score (nSPS) is 11.6. The summed E-state index contributed by atoms with van der Waals surface area (Å²) in [4.78, 5) is 4.12. The van der Waals surface area contributed by atoms with Crippen LogP contribution in [0.15, 0.2) is 42.7 Å². The van der Waals surface area contributed by atoms with Crippen LogP contribution in [-0.2, 0) is 6.54 Å². The van der Waals surface area contributed by atoms with Crippen LogP contribution < -0.4 is 4.74 Å². The quantitative estimate of drug-likeness (QED) is 0.672. The molecule has 0 amide bonds. The van der Waals surface area contributed by atoms with Crippen molar-refractivity contribution < 1.29 is 23.0 Å². The summed E-state index contributed by atoms with van der Waals surface area (Å²) in [5.74, 6) is -0.191. The minimum atomic E-state index is -4.77. The molecule has 1 heterocycles. The van der Waals surface area contributed by atoms with Crippen molar-refractivity contribution in [2.24, 2.45) is 0 Å². The average molecular weight is 404 g/mol. The number of nitrogens with zero attached hydrogens (tertiary/aromatic N) is 3. The standard InChI is InChI=1S/C16H10Cl2F3N3O2/c17-12-5-10(6-13(18)14(12)25)15-22-8-23-24(15)7-9-2-1-3-11(4-9)26-16(19,20)21/h1-6,8,25H,7H2. The zero-order valence-corrected chi connectivity index (χ0v) is 14.3. The van der Waals surface area contributed by atoms with Gasteiger partial charge in [0.05, 0.1) is 16.6 Å². The van der Waals surface area contributed by atoms with Gasteiger partial charge in [-0.2, -0.15) is 5.10 Å². The third-order valence-corrected chi connectivity index (χ3v) is 3.93. The second-order valence-electron chi connectivity index (χ2n) is 5.23. The Hall–Kier alpha value is -2.45. The van der Waals surface area contributed by atoms with Crippen LogP contribution in [0.3, 0.4) is 0 Å². The molecule has 3 rings (SSSR count). The predicted octanol–water partition coefficient (Wildman–Crippen LogP) is 4.90. The number of alkyl halides is 3. The molecule has 0 atom stereocenters. The van der Waals surface area contributed by atoms with Crippen molar-refractivity contribution in [3.63, 3.8) is 0 Å². The summed E-state index contributed by atoms with van der Waals surface area (Å²) in [5.41, 5.74) is 1.02. The Bertz CT molecular complexity index is 921. The molecule has 1 N–H and O–H groups in total. The van der Waals surface area contributed by atoms with Gasteiger partial charge in [-0.25, -0.2) is 9.67 Å². The average Bonchev–Trinajstić information content (AvgIpc) is 2.99. The van der Waals surface area contributed by atoms with Gasteiger partial charge in [-0.3, -0.25) is 0 Å². The van der Waals surface area contributed by atoms with Crippen molar-refractivity contribution in [3.8, 4) is 22.9 Å². The highest BCUT2D eigenvalue weighted by molar-refractivity contribution is 6.37. The number of benzene rings is 2. The molecule has 0 radical (unpaired) electrons. The van der Waals surface area contributed by atoms with Crippen LogP contribution >= 0.6 is 23.2 Å². The first kappa shape index (κ1) is 18.3. The summed E-state index contributed by atoms with van der Waals surface area (Å²) in [6.07, 6.45) is -3.48. The van der Waals surface area contributed by atoms with E-state index >= 15 is 0 Å². The lowest BCUT2D eigenvalue weighted by Gasteiger charge is -2.11. The lowest BCUT2D eigenvalue weighted by Crippen LogP contribution is -2.17. The molecule has 1 aromatic heterocycles. The van der Waals surface area contributed by atoms with Crippen LogP contribution in [-0.4, -0.2) is 26.2 Å². The molecular weight excluding hydrogens is 394 g/mol. The van der Waals surface area contributed by atoms with Crippen LogP contribution in [0.1, 0.15) is 5.56 Å². The largest absolute Gasteiger partial charge is 0.573 e. The van der Waals surface area contributed by atoms with Gasteiger partial charge in [0.15, 0.2) is 11.6 Å². The fraction of sp³-hybridized carbons (Fsp3) is 0.125. The molecule has 136 valence electrons. The van der Waals surface area contributed by atoms with Crippen LogP contribution in [0.5, 0.6) is 11.5 Å². The topological polar surface area (TPSA) is 60.2 Å². The molecule has 3 aromatic rings. The van der Waals surface area contributed by atoms with E-state index in [1.165, 1.54) is 41.3 Å². The highest BCUT2D eigenvalue weighted by Gasteiger charge is 2.31. The maximum Gasteiger partial charge on any atom is 0.573 e. The summed E-state index contributed by atoms with van der Waals surface area (Å²) < 4.78 is 42.4. The molecule has 0 spiro atoms. The Labute approximate surface area is 155 Å². The number of aromatic hydroxyl groups is 1. The molecule has 2 aromatic carbocycles. The highest BCUT2D eigenvalue weighted by atomic mass is 35.5. The Morgan fingerprint density at radius 2 is 1.81 bits per heavy atom. The molecule has 10 heteroatoms. The van der Waals surface area contributed by atoms with Gasteiger partial charge in [0, 0.05) is 5.56 Å². The first-order valence-electron chi connectivity index (χ1n) is 7.14. The smallest absolute Gasteiger partial charge is 0.505 e.